The molecule has 0 amide bonds. The summed E-state index contributed by atoms with van der Waals surface area (Å²) in [6.45, 7) is 0. The topological polar surface area (TPSA) is 25.8 Å². The second-order valence-corrected chi connectivity index (χ2v) is 7.06. The lowest BCUT2D eigenvalue weighted by molar-refractivity contribution is 0.621. The van der Waals surface area contributed by atoms with Crippen molar-refractivity contribution in [1.29, 1.82) is 0 Å². The van der Waals surface area contributed by atoms with Gasteiger partial charge in [0.05, 0.1) is 17.9 Å². The summed E-state index contributed by atoms with van der Waals surface area (Å²) in [4.78, 5) is 0. The molecule has 0 fully saturated rings. The summed E-state index contributed by atoms with van der Waals surface area (Å²) in [5.74, 6) is 0.566. The second kappa shape index (κ2) is 8.35. The molecule has 6 heteroatoms. The molecule has 1 aromatic heterocycles. The Morgan fingerprint density at radius 2 is 1.50 bits per heavy atom. The maximum atomic E-state index is 13.2. The standard InChI is InChI=1S/C18H16F2N2S2/c19-15-7-3-13(4-8-15)17(14-5-9-16(20)10-6-14)2-1-11-23-18-12-21-24-22-18/h3-10,12,17H,1-2,11H2. The largest absolute Gasteiger partial charge is 0.207 e. The van der Waals surface area contributed by atoms with Crippen molar-refractivity contribution in [3.05, 3.63) is 77.5 Å². The van der Waals surface area contributed by atoms with E-state index in [0.29, 0.717) is 0 Å². The van der Waals surface area contributed by atoms with Crippen LogP contribution in [0.2, 0.25) is 0 Å². The second-order valence-electron chi connectivity index (χ2n) is 5.39. The molecule has 0 saturated carbocycles. The summed E-state index contributed by atoms with van der Waals surface area (Å²) in [5, 5.41) is 0.945. The zero-order chi connectivity index (χ0) is 16.8. The fourth-order valence-electron chi connectivity index (χ4n) is 2.60. The minimum absolute atomic E-state index is 0.125. The highest BCUT2D eigenvalue weighted by molar-refractivity contribution is 7.99. The van der Waals surface area contributed by atoms with Crippen LogP contribution in [0.25, 0.3) is 0 Å². The smallest absolute Gasteiger partial charge is 0.130 e. The number of nitrogens with zero attached hydrogens (tertiary/aromatic N) is 2. The number of hydrogen-bond donors (Lipinski definition) is 0. The average molecular weight is 362 g/mol. The third-order valence-corrected chi connectivity index (χ3v) is 5.35. The van der Waals surface area contributed by atoms with Crippen LogP contribution in [0.3, 0.4) is 0 Å². The lowest BCUT2D eigenvalue weighted by Crippen LogP contribution is -2.02. The maximum absolute atomic E-state index is 13.2. The third kappa shape index (κ3) is 4.61. The van der Waals surface area contributed by atoms with Gasteiger partial charge < -0.3 is 0 Å². The Hall–Kier alpha value is -1.79. The number of hydrogen-bond acceptors (Lipinski definition) is 4. The Labute approximate surface area is 148 Å². The van der Waals surface area contributed by atoms with Gasteiger partial charge in [0.2, 0.25) is 0 Å². The predicted molar refractivity (Wildman–Crippen MR) is 94.5 cm³/mol. The van der Waals surface area contributed by atoms with E-state index in [2.05, 4.69) is 8.75 Å². The molecule has 0 aliphatic heterocycles. The van der Waals surface area contributed by atoms with Gasteiger partial charge in [-0.05, 0) is 54.0 Å². The molecule has 1 heterocycles. The van der Waals surface area contributed by atoms with Crippen molar-refractivity contribution in [3.8, 4) is 0 Å². The first kappa shape index (κ1) is 17.0. The molecular weight excluding hydrogens is 346 g/mol. The van der Waals surface area contributed by atoms with Crippen molar-refractivity contribution in [1.82, 2.24) is 8.75 Å². The monoisotopic (exact) mass is 362 g/mol. The Kier molecular flexibility index (Phi) is 5.93. The summed E-state index contributed by atoms with van der Waals surface area (Å²) >= 11 is 2.89. The highest BCUT2D eigenvalue weighted by Crippen LogP contribution is 2.31. The first-order valence-corrected chi connectivity index (χ1v) is 9.35. The molecule has 0 aliphatic rings. The van der Waals surface area contributed by atoms with Gasteiger partial charge in [0.1, 0.15) is 16.7 Å². The van der Waals surface area contributed by atoms with E-state index in [9.17, 15) is 8.78 Å². The van der Waals surface area contributed by atoms with E-state index in [-0.39, 0.29) is 17.6 Å². The Morgan fingerprint density at radius 3 is 2.00 bits per heavy atom. The summed E-state index contributed by atoms with van der Waals surface area (Å²) in [7, 11) is 0. The summed E-state index contributed by atoms with van der Waals surface area (Å²) in [5.41, 5.74) is 2.09. The minimum atomic E-state index is -0.247. The number of rotatable bonds is 7. The van der Waals surface area contributed by atoms with Crippen molar-refractivity contribution < 1.29 is 8.78 Å². The molecule has 3 aromatic rings. The van der Waals surface area contributed by atoms with E-state index >= 15 is 0 Å². The van der Waals surface area contributed by atoms with Crippen LogP contribution in [0.15, 0.2) is 59.8 Å². The molecule has 0 radical (unpaired) electrons. The Balaban J connectivity index is 1.69. The van der Waals surface area contributed by atoms with Gasteiger partial charge in [-0.1, -0.05) is 24.3 Å². The Bertz CT molecular complexity index is 698. The third-order valence-electron chi connectivity index (χ3n) is 3.77. The van der Waals surface area contributed by atoms with E-state index in [1.807, 2.05) is 0 Å². The molecule has 0 N–H and O–H groups in total. The van der Waals surface area contributed by atoms with Crippen LogP contribution in [-0.2, 0) is 0 Å². The zero-order valence-electron chi connectivity index (χ0n) is 12.9. The molecule has 0 atom stereocenters. The van der Waals surface area contributed by atoms with Gasteiger partial charge in [0, 0.05) is 5.92 Å². The fourth-order valence-corrected chi connectivity index (χ4v) is 3.95. The molecule has 2 nitrogen and oxygen atoms in total. The highest BCUT2D eigenvalue weighted by Gasteiger charge is 2.14. The van der Waals surface area contributed by atoms with Gasteiger partial charge in [0.15, 0.2) is 0 Å². The van der Waals surface area contributed by atoms with Gasteiger partial charge in [-0.2, -0.15) is 8.75 Å². The number of aromatic nitrogens is 2. The normalized spacial score (nSPS) is 11.1. The predicted octanol–water partition coefficient (Wildman–Crippen LogP) is 5.52. The van der Waals surface area contributed by atoms with Gasteiger partial charge in [-0.15, -0.1) is 11.8 Å². The quantitative estimate of drug-likeness (QED) is 0.409. The van der Waals surface area contributed by atoms with Crippen LogP contribution in [0.4, 0.5) is 8.78 Å². The van der Waals surface area contributed by atoms with Crippen molar-refractivity contribution in [3.63, 3.8) is 0 Å². The first-order chi connectivity index (χ1) is 11.7. The van der Waals surface area contributed by atoms with Crippen LogP contribution in [0.1, 0.15) is 29.9 Å². The average Bonchev–Trinajstić information content (AvgIpc) is 3.11. The molecule has 0 aliphatic carbocycles. The fraction of sp³-hybridized carbons (Fsp3) is 0.222. The first-order valence-electron chi connectivity index (χ1n) is 7.63. The molecule has 124 valence electrons. The molecule has 0 bridgehead atoms. The number of benzene rings is 2. The van der Waals surface area contributed by atoms with Gasteiger partial charge in [0.25, 0.3) is 0 Å². The number of thioether (sulfide) groups is 1. The number of halogens is 2. The molecule has 0 unspecified atom stereocenters. The van der Waals surface area contributed by atoms with E-state index in [0.717, 1.165) is 34.7 Å². The minimum Gasteiger partial charge on any atom is -0.207 e. The highest BCUT2D eigenvalue weighted by atomic mass is 32.2. The molecule has 3 rings (SSSR count). The van der Waals surface area contributed by atoms with E-state index in [1.54, 1.807) is 42.2 Å². The summed E-state index contributed by atoms with van der Waals surface area (Å²) in [6.07, 6.45) is 3.65. The van der Waals surface area contributed by atoms with Crippen molar-refractivity contribution >= 4 is 23.5 Å². The lowest BCUT2D eigenvalue weighted by atomic mass is 9.88. The SMILES string of the molecule is Fc1ccc(C(CCCSc2cnsn2)c2ccc(F)cc2)cc1. The van der Waals surface area contributed by atoms with Crippen LogP contribution in [0, 0.1) is 11.6 Å². The lowest BCUT2D eigenvalue weighted by Gasteiger charge is -2.18. The van der Waals surface area contributed by atoms with Crippen LogP contribution < -0.4 is 0 Å². The zero-order valence-corrected chi connectivity index (χ0v) is 14.5. The van der Waals surface area contributed by atoms with Crippen LogP contribution in [0.5, 0.6) is 0 Å². The van der Waals surface area contributed by atoms with Crippen molar-refractivity contribution in [2.24, 2.45) is 0 Å². The molecule has 0 saturated heterocycles. The summed E-state index contributed by atoms with van der Waals surface area (Å²) in [6, 6.07) is 13.1. The van der Waals surface area contributed by atoms with E-state index < -0.39 is 0 Å². The molecular formula is C18H16F2N2S2. The van der Waals surface area contributed by atoms with E-state index in [1.165, 1.54) is 36.0 Å². The summed E-state index contributed by atoms with van der Waals surface area (Å²) < 4.78 is 34.6. The maximum Gasteiger partial charge on any atom is 0.130 e. The van der Waals surface area contributed by atoms with Gasteiger partial charge in [-0.25, -0.2) is 8.78 Å². The van der Waals surface area contributed by atoms with Crippen LogP contribution >= 0.6 is 23.5 Å². The molecule has 0 spiro atoms. The van der Waals surface area contributed by atoms with Crippen molar-refractivity contribution in [2.75, 3.05) is 5.75 Å². The molecule has 24 heavy (non-hydrogen) atoms. The van der Waals surface area contributed by atoms with E-state index in [4.69, 9.17) is 0 Å². The Morgan fingerprint density at radius 1 is 0.917 bits per heavy atom. The van der Waals surface area contributed by atoms with Crippen LogP contribution in [-0.4, -0.2) is 14.5 Å². The van der Waals surface area contributed by atoms with Gasteiger partial charge >= 0.3 is 0 Å². The molecule has 2 aromatic carbocycles. The van der Waals surface area contributed by atoms with Crippen molar-refractivity contribution in [2.45, 2.75) is 23.8 Å². The van der Waals surface area contributed by atoms with Gasteiger partial charge in [-0.3, -0.25) is 0 Å².